The number of hydrogen-bond acceptors (Lipinski definition) is 4. The number of hydrogen-bond donors (Lipinski definition) is 2. The molecule has 134 valence electrons. The Bertz CT molecular complexity index is 630. The highest BCUT2D eigenvalue weighted by Gasteiger charge is 2.26. The van der Waals surface area contributed by atoms with E-state index in [0.717, 1.165) is 19.0 Å². The number of carbonyl (C=O) groups excluding carboxylic acids is 1. The number of aromatic nitrogens is 2. The minimum Gasteiger partial charge on any atom is -0.349 e. The van der Waals surface area contributed by atoms with Crippen molar-refractivity contribution in [1.82, 2.24) is 20.2 Å². The van der Waals surface area contributed by atoms with E-state index in [-0.39, 0.29) is 11.7 Å². The first-order valence-electron chi connectivity index (χ1n) is 8.89. The van der Waals surface area contributed by atoms with E-state index in [1.165, 1.54) is 12.8 Å². The number of nitrogens with one attached hydrogen (secondary N) is 2. The van der Waals surface area contributed by atoms with E-state index in [0.29, 0.717) is 23.9 Å². The quantitative estimate of drug-likeness (QED) is 0.862. The fourth-order valence-corrected chi connectivity index (χ4v) is 3.20. The molecule has 24 heavy (non-hydrogen) atoms. The van der Waals surface area contributed by atoms with Crippen molar-refractivity contribution in [3.63, 3.8) is 0 Å². The van der Waals surface area contributed by atoms with Gasteiger partial charge in [-0.2, -0.15) is 0 Å². The first kappa shape index (κ1) is 18.6. The smallest absolute Gasteiger partial charge is 0.279 e. The summed E-state index contributed by atoms with van der Waals surface area (Å²) >= 11 is 0. The van der Waals surface area contributed by atoms with Crippen molar-refractivity contribution in [3.05, 3.63) is 27.4 Å². The molecule has 1 amide bonds. The molecule has 6 heteroatoms. The van der Waals surface area contributed by atoms with Gasteiger partial charge < -0.3 is 10.3 Å². The molecule has 0 bridgehead atoms. The number of piperidine rings is 1. The van der Waals surface area contributed by atoms with Gasteiger partial charge in [-0.25, -0.2) is 4.98 Å². The maximum absolute atomic E-state index is 12.4. The standard InChI is InChI=1S/C18H30N4O2/c1-11(2)15(22-8-6-12(3)7-9-22)10-19-17(23)16-18(24)21-14(5)13(4)20-16/h11-12,15H,6-10H2,1-5H3,(H,19,23)(H,21,24)/t15-/m0/s1. The third-order valence-corrected chi connectivity index (χ3v) is 5.08. The molecule has 0 saturated carbocycles. The van der Waals surface area contributed by atoms with Crippen molar-refractivity contribution in [2.45, 2.75) is 53.5 Å². The molecule has 0 aromatic carbocycles. The summed E-state index contributed by atoms with van der Waals surface area (Å²) in [6, 6.07) is 0.284. The average Bonchev–Trinajstić information content (AvgIpc) is 2.52. The van der Waals surface area contributed by atoms with Crippen LogP contribution in [0.3, 0.4) is 0 Å². The molecule has 1 saturated heterocycles. The van der Waals surface area contributed by atoms with Crippen LogP contribution in [-0.2, 0) is 0 Å². The zero-order valence-corrected chi connectivity index (χ0v) is 15.5. The van der Waals surface area contributed by atoms with Crippen molar-refractivity contribution in [3.8, 4) is 0 Å². The maximum Gasteiger partial charge on any atom is 0.279 e. The predicted molar refractivity (Wildman–Crippen MR) is 95.3 cm³/mol. The Balaban J connectivity index is 2.03. The highest BCUT2D eigenvalue weighted by Crippen LogP contribution is 2.21. The van der Waals surface area contributed by atoms with Crippen LogP contribution in [0.5, 0.6) is 0 Å². The largest absolute Gasteiger partial charge is 0.349 e. The van der Waals surface area contributed by atoms with Gasteiger partial charge in [-0.15, -0.1) is 0 Å². The summed E-state index contributed by atoms with van der Waals surface area (Å²) in [6.45, 7) is 12.9. The van der Waals surface area contributed by atoms with Crippen LogP contribution in [0.2, 0.25) is 0 Å². The van der Waals surface area contributed by atoms with Gasteiger partial charge in [0.2, 0.25) is 0 Å². The van der Waals surface area contributed by atoms with Crippen LogP contribution in [0.4, 0.5) is 0 Å². The lowest BCUT2D eigenvalue weighted by Gasteiger charge is -2.38. The van der Waals surface area contributed by atoms with E-state index in [2.05, 4.69) is 41.0 Å². The summed E-state index contributed by atoms with van der Waals surface area (Å²) in [5.41, 5.74) is 0.889. The topological polar surface area (TPSA) is 78.1 Å². The second kappa shape index (κ2) is 7.92. The second-order valence-corrected chi connectivity index (χ2v) is 7.36. The lowest BCUT2D eigenvalue weighted by molar-refractivity contribution is 0.0857. The van der Waals surface area contributed by atoms with Gasteiger partial charge in [0.05, 0.1) is 5.69 Å². The monoisotopic (exact) mass is 334 g/mol. The lowest BCUT2D eigenvalue weighted by atomic mass is 9.94. The van der Waals surface area contributed by atoms with Gasteiger partial charge in [0.1, 0.15) is 0 Å². The average molecular weight is 334 g/mol. The molecule has 1 aromatic rings. The Morgan fingerprint density at radius 2 is 1.96 bits per heavy atom. The molecule has 2 rings (SSSR count). The van der Waals surface area contributed by atoms with Crippen LogP contribution in [0.1, 0.15) is 55.5 Å². The zero-order valence-electron chi connectivity index (χ0n) is 15.5. The van der Waals surface area contributed by atoms with E-state index < -0.39 is 11.5 Å². The first-order valence-corrected chi connectivity index (χ1v) is 8.89. The fraction of sp³-hybridized carbons (Fsp3) is 0.722. The minimum atomic E-state index is -0.427. The van der Waals surface area contributed by atoms with E-state index in [9.17, 15) is 9.59 Å². The van der Waals surface area contributed by atoms with Crippen LogP contribution >= 0.6 is 0 Å². The minimum absolute atomic E-state index is 0.0483. The van der Waals surface area contributed by atoms with Gasteiger partial charge in [-0.1, -0.05) is 20.8 Å². The van der Waals surface area contributed by atoms with E-state index >= 15 is 0 Å². The van der Waals surface area contributed by atoms with E-state index in [1.54, 1.807) is 13.8 Å². The molecular formula is C18H30N4O2. The molecule has 1 aliphatic heterocycles. The van der Waals surface area contributed by atoms with Crippen LogP contribution in [0, 0.1) is 25.7 Å². The van der Waals surface area contributed by atoms with Crippen LogP contribution in [0.15, 0.2) is 4.79 Å². The Kier molecular flexibility index (Phi) is 6.15. The van der Waals surface area contributed by atoms with E-state index in [1.807, 2.05) is 0 Å². The Labute approximate surface area is 144 Å². The van der Waals surface area contributed by atoms with Gasteiger partial charge in [0.15, 0.2) is 5.69 Å². The number of aryl methyl sites for hydroxylation is 2. The number of nitrogens with zero attached hydrogens (tertiary/aromatic N) is 2. The molecule has 1 atom stereocenters. The zero-order chi connectivity index (χ0) is 17.9. The molecule has 0 radical (unpaired) electrons. The molecule has 2 heterocycles. The summed E-state index contributed by atoms with van der Waals surface area (Å²) in [5, 5.41) is 2.91. The lowest BCUT2D eigenvalue weighted by Crippen LogP contribution is -2.50. The number of likely N-dealkylation sites (tertiary alicyclic amines) is 1. The number of amides is 1. The molecule has 6 nitrogen and oxygen atoms in total. The number of carbonyl (C=O) groups is 1. The van der Waals surface area contributed by atoms with E-state index in [4.69, 9.17) is 0 Å². The highest BCUT2D eigenvalue weighted by molar-refractivity contribution is 5.91. The maximum atomic E-state index is 12.4. The Morgan fingerprint density at radius 1 is 1.33 bits per heavy atom. The second-order valence-electron chi connectivity index (χ2n) is 7.36. The van der Waals surface area contributed by atoms with Crippen molar-refractivity contribution in [1.29, 1.82) is 0 Å². The molecule has 2 N–H and O–H groups in total. The van der Waals surface area contributed by atoms with Crippen molar-refractivity contribution >= 4 is 5.91 Å². The third-order valence-electron chi connectivity index (χ3n) is 5.08. The fourth-order valence-electron chi connectivity index (χ4n) is 3.20. The third kappa shape index (κ3) is 4.44. The van der Waals surface area contributed by atoms with Gasteiger partial charge in [-0.05, 0) is 51.6 Å². The van der Waals surface area contributed by atoms with Crippen LogP contribution < -0.4 is 10.9 Å². The number of H-pyrrole nitrogens is 1. The highest BCUT2D eigenvalue weighted by atomic mass is 16.2. The molecule has 0 spiro atoms. The van der Waals surface area contributed by atoms with Gasteiger partial charge >= 0.3 is 0 Å². The van der Waals surface area contributed by atoms with Crippen molar-refractivity contribution in [2.24, 2.45) is 11.8 Å². The predicted octanol–water partition coefficient (Wildman–Crippen LogP) is 1.87. The summed E-state index contributed by atoms with van der Waals surface area (Å²) in [7, 11) is 0. The summed E-state index contributed by atoms with van der Waals surface area (Å²) in [6.07, 6.45) is 2.41. The first-order chi connectivity index (χ1) is 11.3. The Hall–Kier alpha value is -1.69. The van der Waals surface area contributed by atoms with Crippen molar-refractivity contribution < 1.29 is 4.79 Å². The Morgan fingerprint density at radius 3 is 2.54 bits per heavy atom. The van der Waals surface area contributed by atoms with Gasteiger partial charge in [0.25, 0.3) is 11.5 Å². The molecule has 0 aliphatic carbocycles. The molecule has 1 aromatic heterocycles. The summed E-state index contributed by atoms with van der Waals surface area (Å²) in [4.78, 5) is 33.6. The molecule has 1 fully saturated rings. The van der Waals surface area contributed by atoms with Gasteiger partial charge in [-0.3, -0.25) is 14.5 Å². The SMILES string of the molecule is Cc1nc(C(=O)NC[C@@H](C(C)C)N2CCC(C)CC2)c(=O)[nH]c1C. The van der Waals surface area contributed by atoms with Gasteiger partial charge in [0, 0.05) is 18.3 Å². The summed E-state index contributed by atoms with van der Waals surface area (Å²) < 4.78 is 0. The van der Waals surface area contributed by atoms with Crippen LogP contribution in [0.25, 0.3) is 0 Å². The molecule has 1 aliphatic rings. The van der Waals surface area contributed by atoms with Crippen LogP contribution in [-0.4, -0.2) is 46.5 Å². The van der Waals surface area contributed by atoms with Crippen molar-refractivity contribution in [2.75, 3.05) is 19.6 Å². The summed E-state index contributed by atoms with van der Waals surface area (Å²) in [5.74, 6) is 0.821. The number of aromatic amines is 1. The number of rotatable bonds is 5. The normalized spacial score (nSPS) is 17.9. The molecule has 0 unspecified atom stereocenters. The molecular weight excluding hydrogens is 304 g/mol.